The van der Waals surface area contributed by atoms with Gasteiger partial charge in [0.1, 0.15) is 5.76 Å². The van der Waals surface area contributed by atoms with Gasteiger partial charge in [-0.15, -0.1) is 0 Å². The second-order valence-corrected chi connectivity index (χ2v) is 4.84. The van der Waals surface area contributed by atoms with E-state index in [4.69, 9.17) is 9.26 Å². The van der Waals surface area contributed by atoms with E-state index in [1.54, 1.807) is 0 Å². The van der Waals surface area contributed by atoms with Crippen LogP contribution in [0.1, 0.15) is 37.3 Å². The summed E-state index contributed by atoms with van der Waals surface area (Å²) < 4.78 is 10.7. The average molecular weight is 224 g/mol. The van der Waals surface area contributed by atoms with Gasteiger partial charge in [0.2, 0.25) is 0 Å². The smallest absolute Gasteiger partial charge is 0.138 e. The van der Waals surface area contributed by atoms with Crippen molar-refractivity contribution in [2.45, 2.75) is 52.3 Å². The highest BCUT2D eigenvalue weighted by atomic mass is 16.5. The van der Waals surface area contributed by atoms with Gasteiger partial charge >= 0.3 is 0 Å². The van der Waals surface area contributed by atoms with Crippen LogP contribution in [-0.2, 0) is 11.3 Å². The van der Waals surface area contributed by atoms with Gasteiger partial charge in [-0.05, 0) is 34.1 Å². The Hall–Kier alpha value is -0.870. The molecule has 0 spiro atoms. The first-order valence-corrected chi connectivity index (χ1v) is 5.81. The van der Waals surface area contributed by atoms with Crippen LogP contribution < -0.4 is 5.32 Å². The molecule has 1 fully saturated rings. The molecule has 0 saturated carbocycles. The Bertz CT molecular complexity index is 356. The Kier molecular flexibility index (Phi) is 3.04. The van der Waals surface area contributed by atoms with Crippen molar-refractivity contribution in [1.29, 1.82) is 0 Å². The number of aryl methyl sites for hydroxylation is 2. The maximum Gasteiger partial charge on any atom is 0.138 e. The molecule has 16 heavy (non-hydrogen) atoms. The largest absolute Gasteiger partial charge is 0.377 e. The van der Waals surface area contributed by atoms with Gasteiger partial charge < -0.3 is 14.6 Å². The van der Waals surface area contributed by atoms with Crippen LogP contribution >= 0.6 is 0 Å². The van der Waals surface area contributed by atoms with E-state index in [9.17, 15) is 0 Å². The van der Waals surface area contributed by atoms with E-state index in [1.165, 1.54) is 5.56 Å². The number of rotatable bonds is 3. The zero-order valence-corrected chi connectivity index (χ0v) is 10.5. The topological polar surface area (TPSA) is 47.3 Å². The molecule has 1 aromatic heterocycles. The standard InChI is InChI=1S/C12H20N2O2/c1-8-11(9(2)16-14-8)7-13-12(4)5-6-15-10(12)3/h10,13H,5-7H2,1-4H3. The lowest BCUT2D eigenvalue weighted by atomic mass is 9.94. The molecule has 0 amide bonds. The van der Waals surface area contributed by atoms with Crippen molar-refractivity contribution in [1.82, 2.24) is 10.5 Å². The van der Waals surface area contributed by atoms with Crippen LogP contribution in [0.15, 0.2) is 4.52 Å². The van der Waals surface area contributed by atoms with Gasteiger partial charge in [-0.1, -0.05) is 5.16 Å². The lowest BCUT2D eigenvalue weighted by Crippen LogP contribution is -2.47. The molecule has 2 rings (SSSR count). The predicted molar refractivity (Wildman–Crippen MR) is 61.3 cm³/mol. The molecule has 1 aliphatic rings. The SMILES string of the molecule is Cc1noc(C)c1CNC1(C)CCOC1C. The Morgan fingerprint density at radius 2 is 2.25 bits per heavy atom. The highest BCUT2D eigenvalue weighted by molar-refractivity contribution is 5.20. The van der Waals surface area contributed by atoms with Crippen molar-refractivity contribution in [3.63, 3.8) is 0 Å². The number of hydrogen-bond donors (Lipinski definition) is 1. The highest BCUT2D eigenvalue weighted by Gasteiger charge is 2.36. The average Bonchev–Trinajstić information content (AvgIpc) is 2.72. The van der Waals surface area contributed by atoms with E-state index < -0.39 is 0 Å². The van der Waals surface area contributed by atoms with Crippen molar-refractivity contribution < 1.29 is 9.26 Å². The number of hydrogen-bond acceptors (Lipinski definition) is 4. The first-order valence-electron chi connectivity index (χ1n) is 5.81. The molecule has 2 unspecified atom stereocenters. The van der Waals surface area contributed by atoms with Gasteiger partial charge in [0.15, 0.2) is 0 Å². The Morgan fingerprint density at radius 1 is 1.50 bits per heavy atom. The summed E-state index contributed by atoms with van der Waals surface area (Å²) in [7, 11) is 0. The van der Waals surface area contributed by atoms with E-state index in [1.807, 2.05) is 13.8 Å². The summed E-state index contributed by atoms with van der Waals surface area (Å²) in [6.07, 6.45) is 1.31. The van der Waals surface area contributed by atoms with Gasteiger partial charge in [-0.3, -0.25) is 0 Å². The molecule has 2 atom stereocenters. The minimum Gasteiger partial charge on any atom is -0.377 e. The van der Waals surface area contributed by atoms with E-state index >= 15 is 0 Å². The van der Waals surface area contributed by atoms with Crippen LogP contribution in [0.5, 0.6) is 0 Å². The molecule has 1 aromatic rings. The molecule has 0 aromatic carbocycles. The molecule has 4 heteroatoms. The Morgan fingerprint density at radius 3 is 2.75 bits per heavy atom. The first kappa shape index (κ1) is 11.6. The molecule has 0 radical (unpaired) electrons. The maximum atomic E-state index is 5.60. The lowest BCUT2D eigenvalue weighted by molar-refractivity contribution is 0.0881. The summed E-state index contributed by atoms with van der Waals surface area (Å²) in [5, 5.41) is 7.52. The van der Waals surface area contributed by atoms with Crippen LogP contribution in [0.2, 0.25) is 0 Å². The summed E-state index contributed by atoms with van der Waals surface area (Å²) in [6.45, 7) is 9.89. The molecule has 1 aliphatic heterocycles. The Balaban J connectivity index is 2.02. The molecule has 4 nitrogen and oxygen atoms in total. The monoisotopic (exact) mass is 224 g/mol. The fraction of sp³-hybridized carbons (Fsp3) is 0.750. The molecule has 1 N–H and O–H groups in total. The Labute approximate surface area is 96.3 Å². The highest BCUT2D eigenvalue weighted by Crippen LogP contribution is 2.26. The van der Waals surface area contributed by atoms with Gasteiger partial charge in [0.25, 0.3) is 0 Å². The fourth-order valence-corrected chi connectivity index (χ4v) is 2.11. The summed E-state index contributed by atoms with van der Waals surface area (Å²) in [5.41, 5.74) is 2.20. The van der Waals surface area contributed by atoms with E-state index in [0.29, 0.717) is 0 Å². The van der Waals surface area contributed by atoms with Crippen LogP contribution in [0.25, 0.3) is 0 Å². The summed E-state index contributed by atoms with van der Waals surface area (Å²) in [6, 6.07) is 0. The van der Waals surface area contributed by atoms with E-state index in [-0.39, 0.29) is 11.6 Å². The number of nitrogens with zero attached hydrogens (tertiary/aromatic N) is 1. The van der Waals surface area contributed by atoms with Gasteiger partial charge in [-0.2, -0.15) is 0 Å². The summed E-state index contributed by atoms with van der Waals surface area (Å²) in [5.74, 6) is 0.903. The number of ether oxygens (including phenoxy) is 1. The van der Waals surface area contributed by atoms with E-state index in [2.05, 4.69) is 24.3 Å². The first-order chi connectivity index (χ1) is 7.53. The van der Waals surface area contributed by atoms with Crippen LogP contribution in [0.4, 0.5) is 0 Å². The summed E-state index contributed by atoms with van der Waals surface area (Å²) >= 11 is 0. The van der Waals surface area contributed by atoms with Crippen LogP contribution in [0, 0.1) is 13.8 Å². The van der Waals surface area contributed by atoms with Crippen molar-refractivity contribution in [2.24, 2.45) is 0 Å². The minimum atomic E-state index is 0.0656. The van der Waals surface area contributed by atoms with Crippen LogP contribution in [0.3, 0.4) is 0 Å². The molecule has 1 saturated heterocycles. The van der Waals surface area contributed by atoms with Crippen LogP contribution in [-0.4, -0.2) is 23.4 Å². The lowest BCUT2D eigenvalue weighted by Gasteiger charge is -2.29. The third-order valence-electron chi connectivity index (χ3n) is 3.74. The molecular weight excluding hydrogens is 204 g/mol. The third-order valence-corrected chi connectivity index (χ3v) is 3.74. The van der Waals surface area contributed by atoms with Gasteiger partial charge in [0.05, 0.1) is 11.8 Å². The van der Waals surface area contributed by atoms with Gasteiger partial charge in [0, 0.05) is 24.3 Å². The van der Waals surface area contributed by atoms with Crippen molar-refractivity contribution >= 4 is 0 Å². The normalized spacial score (nSPS) is 29.9. The fourth-order valence-electron chi connectivity index (χ4n) is 2.11. The number of nitrogens with one attached hydrogen (secondary N) is 1. The molecule has 90 valence electrons. The predicted octanol–water partition coefficient (Wildman–Crippen LogP) is 1.95. The van der Waals surface area contributed by atoms with Crippen molar-refractivity contribution in [3.05, 3.63) is 17.0 Å². The zero-order chi connectivity index (χ0) is 11.8. The maximum absolute atomic E-state index is 5.60. The molecule has 0 bridgehead atoms. The number of aromatic nitrogens is 1. The van der Waals surface area contributed by atoms with E-state index in [0.717, 1.165) is 31.0 Å². The zero-order valence-electron chi connectivity index (χ0n) is 10.5. The third kappa shape index (κ3) is 1.99. The quantitative estimate of drug-likeness (QED) is 0.852. The van der Waals surface area contributed by atoms with Crippen molar-refractivity contribution in [3.8, 4) is 0 Å². The minimum absolute atomic E-state index is 0.0656. The second-order valence-electron chi connectivity index (χ2n) is 4.84. The summed E-state index contributed by atoms with van der Waals surface area (Å²) in [4.78, 5) is 0. The molecular formula is C12H20N2O2. The molecule has 2 heterocycles. The van der Waals surface area contributed by atoms with Crippen molar-refractivity contribution in [2.75, 3.05) is 6.61 Å². The van der Waals surface area contributed by atoms with Gasteiger partial charge in [-0.25, -0.2) is 0 Å². The second kappa shape index (κ2) is 4.18. The molecule has 0 aliphatic carbocycles.